The van der Waals surface area contributed by atoms with Crippen LogP contribution in [0.25, 0.3) is 0 Å². The number of hydrogen-bond acceptors (Lipinski definition) is 5. The predicted octanol–water partition coefficient (Wildman–Crippen LogP) is 0.534. The van der Waals surface area contributed by atoms with Gasteiger partial charge in [-0.15, -0.1) is 11.6 Å². The Labute approximate surface area is 117 Å². The number of halogens is 1. The normalized spacial score (nSPS) is 16.6. The molecular weight excluding hydrogens is 290 g/mol. The fourth-order valence-corrected chi connectivity index (χ4v) is 2.43. The maximum Gasteiger partial charge on any atom is 0.225 e. The quantitative estimate of drug-likeness (QED) is 0.804. The Balaban J connectivity index is 1.94. The van der Waals surface area contributed by atoms with E-state index in [1.54, 1.807) is 6.20 Å². The highest BCUT2D eigenvalue weighted by atomic mass is 35.5. The molecule has 1 saturated heterocycles. The number of pyridine rings is 1. The fraction of sp³-hybridized carbons (Fsp3) is 0.545. The molecule has 1 aromatic heterocycles. The minimum Gasteiger partial charge on any atom is -0.378 e. The number of nitrogens with zero attached hydrogens (tertiary/aromatic N) is 2. The van der Waals surface area contributed by atoms with Crippen LogP contribution < -0.4 is 9.62 Å². The average molecular weight is 306 g/mol. The lowest BCUT2D eigenvalue weighted by Gasteiger charge is -2.27. The largest absolute Gasteiger partial charge is 0.378 e. The predicted molar refractivity (Wildman–Crippen MR) is 73.7 cm³/mol. The van der Waals surface area contributed by atoms with Gasteiger partial charge in [0.15, 0.2) is 0 Å². The lowest BCUT2D eigenvalue weighted by molar-refractivity contribution is 0.122. The molecular formula is C11H16ClN3O3S. The highest BCUT2D eigenvalue weighted by molar-refractivity contribution is 7.90. The monoisotopic (exact) mass is 305 g/mol. The van der Waals surface area contributed by atoms with Gasteiger partial charge in [0.2, 0.25) is 10.0 Å². The number of aromatic nitrogens is 1. The van der Waals surface area contributed by atoms with Crippen molar-refractivity contribution in [3.63, 3.8) is 0 Å². The number of sulfonamides is 1. The fourth-order valence-electron chi connectivity index (χ4n) is 1.73. The molecule has 0 saturated carbocycles. The zero-order valence-corrected chi connectivity index (χ0v) is 12.0. The Morgan fingerprint density at radius 1 is 1.37 bits per heavy atom. The van der Waals surface area contributed by atoms with E-state index in [2.05, 4.69) is 14.6 Å². The summed E-state index contributed by atoms with van der Waals surface area (Å²) < 4.78 is 30.1. The molecule has 0 aliphatic carbocycles. The van der Waals surface area contributed by atoms with Crippen LogP contribution >= 0.6 is 11.6 Å². The smallest absolute Gasteiger partial charge is 0.225 e. The van der Waals surface area contributed by atoms with Crippen molar-refractivity contribution in [3.8, 4) is 0 Å². The third-order valence-electron chi connectivity index (χ3n) is 2.78. The second-order valence-electron chi connectivity index (χ2n) is 4.17. The van der Waals surface area contributed by atoms with Crippen LogP contribution in [-0.4, -0.2) is 44.9 Å². The summed E-state index contributed by atoms with van der Waals surface area (Å²) >= 11 is 5.30. The Kier molecular flexibility index (Phi) is 4.98. The first-order chi connectivity index (χ1) is 9.11. The Bertz CT molecular complexity index is 500. The summed E-state index contributed by atoms with van der Waals surface area (Å²) in [5.41, 5.74) is 0.797. The molecule has 6 nitrogen and oxygen atoms in total. The Morgan fingerprint density at radius 3 is 2.68 bits per heavy atom. The van der Waals surface area contributed by atoms with Gasteiger partial charge in [0.25, 0.3) is 0 Å². The average Bonchev–Trinajstić information content (AvgIpc) is 2.47. The number of nitrogens with one attached hydrogen (secondary N) is 1. The standard InChI is InChI=1S/C11H16ClN3O3S/c12-9-19(16,17)14-8-10-1-2-11(13-7-10)15-3-5-18-6-4-15/h1-2,7,14H,3-6,8-9H2. The van der Waals surface area contributed by atoms with Gasteiger partial charge in [-0.05, 0) is 11.6 Å². The molecule has 0 amide bonds. The van der Waals surface area contributed by atoms with Crippen molar-refractivity contribution in [2.45, 2.75) is 6.54 Å². The van der Waals surface area contributed by atoms with E-state index in [9.17, 15) is 8.42 Å². The van der Waals surface area contributed by atoms with Crippen LogP contribution in [0.2, 0.25) is 0 Å². The van der Waals surface area contributed by atoms with Gasteiger partial charge in [-0.3, -0.25) is 0 Å². The van der Waals surface area contributed by atoms with E-state index in [4.69, 9.17) is 16.3 Å². The van der Waals surface area contributed by atoms with Gasteiger partial charge in [-0.25, -0.2) is 18.1 Å². The van der Waals surface area contributed by atoms with Gasteiger partial charge < -0.3 is 9.64 Å². The number of rotatable bonds is 5. The van der Waals surface area contributed by atoms with Gasteiger partial charge in [0.05, 0.1) is 13.2 Å². The van der Waals surface area contributed by atoms with E-state index in [0.717, 1.165) is 24.5 Å². The van der Waals surface area contributed by atoms with E-state index in [-0.39, 0.29) is 6.54 Å². The summed E-state index contributed by atoms with van der Waals surface area (Å²) in [5.74, 6) is 0.882. The van der Waals surface area contributed by atoms with E-state index < -0.39 is 15.2 Å². The van der Waals surface area contributed by atoms with Crippen LogP contribution in [0.4, 0.5) is 5.82 Å². The molecule has 106 valence electrons. The van der Waals surface area contributed by atoms with E-state index in [1.807, 2.05) is 12.1 Å². The van der Waals surface area contributed by atoms with Crippen molar-refractivity contribution < 1.29 is 13.2 Å². The van der Waals surface area contributed by atoms with Crippen molar-refractivity contribution in [2.24, 2.45) is 0 Å². The molecule has 0 unspecified atom stereocenters. The Hall–Kier alpha value is -0.890. The zero-order valence-electron chi connectivity index (χ0n) is 10.4. The summed E-state index contributed by atoms with van der Waals surface area (Å²) in [4.78, 5) is 6.47. The molecule has 1 aromatic rings. The van der Waals surface area contributed by atoms with Crippen molar-refractivity contribution in [2.75, 3.05) is 36.4 Å². The maximum absolute atomic E-state index is 11.2. The van der Waals surface area contributed by atoms with Crippen molar-refractivity contribution in [1.82, 2.24) is 9.71 Å². The zero-order chi connectivity index (χ0) is 13.7. The van der Waals surface area contributed by atoms with Gasteiger partial charge >= 0.3 is 0 Å². The summed E-state index contributed by atoms with van der Waals surface area (Å²) in [7, 11) is -3.39. The topological polar surface area (TPSA) is 71.5 Å². The molecule has 0 bridgehead atoms. The molecule has 2 rings (SSSR count). The molecule has 0 spiro atoms. The van der Waals surface area contributed by atoms with Crippen LogP contribution in [0.1, 0.15) is 5.56 Å². The third-order valence-corrected chi connectivity index (χ3v) is 4.52. The molecule has 8 heteroatoms. The minimum absolute atomic E-state index is 0.200. The molecule has 1 aliphatic rings. The van der Waals surface area contributed by atoms with Crippen LogP contribution in [0, 0.1) is 0 Å². The highest BCUT2D eigenvalue weighted by Gasteiger charge is 2.12. The first-order valence-corrected chi connectivity index (χ1v) is 8.10. The minimum atomic E-state index is -3.39. The van der Waals surface area contributed by atoms with Gasteiger partial charge in [-0.1, -0.05) is 6.07 Å². The molecule has 1 aliphatic heterocycles. The number of alkyl halides is 1. The van der Waals surface area contributed by atoms with E-state index in [1.165, 1.54) is 0 Å². The first-order valence-electron chi connectivity index (χ1n) is 5.92. The third kappa shape index (κ3) is 4.31. The van der Waals surface area contributed by atoms with E-state index in [0.29, 0.717) is 13.2 Å². The number of morpholine rings is 1. The molecule has 1 fully saturated rings. The van der Waals surface area contributed by atoms with Crippen molar-refractivity contribution >= 4 is 27.4 Å². The Morgan fingerprint density at radius 2 is 2.11 bits per heavy atom. The van der Waals surface area contributed by atoms with Crippen LogP contribution in [0.5, 0.6) is 0 Å². The molecule has 0 aromatic carbocycles. The van der Waals surface area contributed by atoms with Crippen LogP contribution in [0.3, 0.4) is 0 Å². The summed E-state index contributed by atoms with van der Waals surface area (Å²) in [5, 5.41) is -0.438. The summed E-state index contributed by atoms with van der Waals surface area (Å²) in [6.45, 7) is 3.26. The maximum atomic E-state index is 11.2. The van der Waals surface area contributed by atoms with E-state index >= 15 is 0 Å². The molecule has 0 atom stereocenters. The molecule has 19 heavy (non-hydrogen) atoms. The molecule has 0 radical (unpaired) electrons. The second kappa shape index (κ2) is 6.51. The SMILES string of the molecule is O=S(=O)(CCl)NCc1ccc(N2CCOCC2)nc1. The number of hydrogen-bond donors (Lipinski definition) is 1. The lowest BCUT2D eigenvalue weighted by Crippen LogP contribution is -2.36. The van der Waals surface area contributed by atoms with Crippen molar-refractivity contribution in [3.05, 3.63) is 23.9 Å². The van der Waals surface area contributed by atoms with Crippen molar-refractivity contribution in [1.29, 1.82) is 0 Å². The van der Waals surface area contributed by atoms with Gasteiger partial charge in [-0.2, -0.15) is 0 Å². The molecule has 1 N–H and O–H groups in total. The number of ether oxygens (including phenoxy) is 1. The van der Waals surface area contributed by atoms with Gasteiger partial charge in [0.1, 0.15) is 11.0 Å². The summed E-state index contributed by atoms with van der Waals surface area (Å²) in [6.07, 6.45) is 1.67. The second-order valence-corrected chi connectivity index (χ2v) is 6.56. The van der Waals surface area contributed by atoms with Crippen LogP contribution in [-0.2, 0) is 21.3 Å². The van der Waals surface area contributed by atoms with Gasteiger partial charge in [0, 0.05) is 25.8 Å². The van der Waals surface area contributed by atoms with Crippen LogP contribution in [0.15, 0.2) is 18.3 Å². The lowest BCUT2D eigenvalue weighted by atomic mass is 10.3. The number of anilines is 1. The highest BCUT2D eigenvalue weighted by Crippen LogP contribution is 2.13. The first kappa shape index (κ1) is 14.5. The molecule has 2 heterocycles. The summed E-state index contributed by atoms with van der Waals surface area (Å²) in [6, 6.07) is 3.74.